The normalized spacial score (nSPS) is 15.5. The molecule has 1 N–H and O–H groups in total. The van der Waals surface area contributed by atoms with Crippen molar-refractivity contribution in [2.45, 2.75) is 80.1 Å². The Hall–Kier alpha value is -2.35. The first kappa shape index (κ1) is 26.7. The number of aromatic hydroxyl groups is 1. The van der Waals surface area contributed by atoms with E-state index in [1.807, 2.05) is 19.1 Å². The van der Waals surface area contributed by atoms with Gasteiger partial charge in [-0.05, 0) is 72.8 Å². The molecule has 0 aromatic heterocycles. The van der Waals surface area contributed by atoms with E-state index in [1.165, 1.54) is 11.1 Å². The minimum atomic E-state index is 0.289. The molecule has 0 heterocycles. The molecular weight excluding hydrogens is 380 g/mol. The molecule has 2 aromatic carbocycles. The van der Waals surface area contributed by atoms with Crippen LogP contribution in [0.25, 0.3) is 0 Å². The standard InChI is InChI=1S/C10H14O.C10H14.C9H14O/c1-7(2)9-5-4-8(3)6-10(9)11;1-8(2)10-6-4-9(3)5-7-10;1-7(2)8-3-5-9(10)6-4-8/h4-7,11H,1-3H3;4-8H,1-3H3;3,5,7-8H,4,6H2,1-2H3. The highest BCUT2D eigenvalue weighted by Crippen LogP contribution is 2.25. The van der Waals surface area contributed by atoms with Gasteiger partial charge in [0.1, 0.15) is 5.75 Å². The first-order chi connectivity index (χ1) is 14.5. The highest BCUT2D eigenvalue weighted by Gasteiger charge is 2.15. The second kappa shape index (κ2) is 13.1. The van der Waals surface area contributed by atoms with Crippen molar-refractivity contribution in [2.75, 3.05) is 0 Å². The Morgan fingerprint density at radius 2 is 1.42 bits per heavy atom. The number of phenolic OH excluding ortho intramolecular Hbond substituents is 1. The molecule has 0 spiro atoms. The molecule has 1 aliphatic rings. The number of ketones is 1. The van der Waals surface area contributed by atoms with Crippen molar-refractivity contribution in [3.05, 3.63) is 76.9 Å². The highest BCUT2D eigenvalue weighted by atomic mass is 16.3. The maximum atomic E-state index is 10.7. The Bertz CT molecular complexity index is 826. The fraction of sp³-hybridized carbons (Fsp3) is 0.483. The molecule has 2 nitrogen and oxygen atoms in total. The van der Waals surface area contributed by atoms with Gasteiger partial charge in [0.15, 0.2) is 5.78 Å². The van der Waals surface area contributed by atoms with E-state index < -0.39 is 0 Å². The molecule has 0 saturated heterocycles. The summed E-state index contributed by atoms with van der Waals surface area (Å²) < 4.78 is 0. The maximum absolute atomic E-state index is 10.7. The van der Waals surface area contributed by atoms with Gasteiger partial charge in [0.2, 0.25) is 0 Å². The molecule has 31 heavy (non-hydrogen) atoms. The van der Waals surface area contributed by atoms with Crippen LogP contribution in [0.1, 0.15) is 88.5 Å². The molecule has 0 amide bonds. The number of allylic oxidation sites excluding steroid dienone is 2. The molecule has 1 aliphatic carbocycles. The zero-order valence-corrected chi connectivity index (χ0v) is 20.8. The molecule has 1 atom stereocenters. The van der Waals surface area contributed by atoms with Gasteiger partial charge in [0, 0.05) is 6.42 Å². The van der Waals surface area contributed by atoms with Crippen molar-refractivity contribution in [3.8, 4) is 5.75 Å². The Kier molecular flexibility index (Phi) is 11.3. The van der Waals surface area contributed by atoms with Gasteiger partial charge in [-0.2, -0.15) is 0 Å². The fourth-order valence-electron chi connectivity index (χ4n) is 3.37. The lowest BCUT2D eigenvalue weighted by Crippen LogP contribution is -2.12. The van der Waals surface area contributed by atoms with Crippen molar-refractivity contribution >= 4 is 5.78 Å². The Morgan fingerprint density at radius 3 is 1.84 bits per heavy atom. The second-order valence-corrected chi connectivity index (χ2v) is 9.55. The van der Waals surface area contributed by atoms with Crippen LogP contribution in [-0.2, 0) is 4.79 Å². The van der Waals surface area contributed by atoms with E-state index >= 15 is 0 Å². The third kappa shape index (κ3) is 10.0. The largest absolute Gasteiger partial charge is 0.508 e. The minimum Gasteiger partial charge on any atom is -0.508 e. The minimum absolute atomic E-state index is 0.289. The van der Waals surface area contributed by atoms with Crippen LogP contribution >= 0.6 is 0 Å². The Labute approximate surface area is 190 Å². The third-order valence-corrected chi connectivity index (χ3v) is 5.66. The molecule has 0 saturated carbocycles. The molecule has 0 aliphatic heterocycles. The summed E-state index contributed by atoms with van der Waals surface area (Å²) in [7, 11) is 0. The van der Waals surface area contributed by atoms with E-state index in [-0.39, 0.29) is 5.78 Å². The molecule has 0 radical (unpaired) electrons. The van der Waals surface area contributed by atoms with E-state index in [0.29, 0.717) is 29.4 Å². The van der Waals surface area contributed by atoms with Crippen LogP contribution < -0.4 is 0 Å². The molecule has 170 valence electrons. The zero-order chi connectivity index (χ0) is 23.6. The van der Waals surface area contributed by atoms with Crippen LogP contribution in [-0.4, -0.2) is 10.9 Å². The van der Waals surface area contributed by atoms with Crippen LogP contribution in [0.2, 0.25) is 0 Å². The van der Waals surface area contributed by atoms with Gasteiger partial charge in [-0.3, -0.25) is 4.79 Å². The molecule has 0 fully saturated rings. The van der Waals surface area contributed by atoms with Gasteiger partial charge >= 0.3 is 0 Å². The van der Waals surface area contributed by atoms with Gasteiger partial charge < -0.3 is 5.11 Å². The van der Waals surface area contributed by atoms with Crippen LogP contribution in [0, 0.1) is 25.7 Å². The molecule has 3 rings (SSSR count). The van der Waals surface area contributed by atoms with E-state index in [4.69, 9.17) is 0 Å². The van der Waals surface area contributed by atoms with Crippen molar-refractivity contribution in [2.24, 2.45) is 11.8 Å². The highest BCUT2D eigenvalue weighted by molar-refractivity contribution is 5.90. The van der Waals surface area contributed by atoms with Crippen molar-refractivity contribution < 1.29 is 9.90 Å². The summed E-state index contributed by atoms with van der Waals surface area (Å²) in [6, 6.07) is 14.5. The Morgan fingerprint density at radius 1 is 0.839 bits per heavy atom. The molecule has 2 aromatic rings. The number of benzene rings is 2. The predicted octanol–water partition coefficient (Wildman–Crippen LogP) is 8.12. The number of hydrogen-bond donors (Lipinski definition) is 1. The lowest BCUT2D eigenvalue weighted by molar-refractivity contribution is -0.115. The summed E-state index contributed by atoms with van der Waals surface area (Å²) in [5.41, 5.74) is 4.89. The fourth-order valence-corrected chi connectivity index (χ4v) is 3.37. The molecule has 2 heteroatoms. The van der Waals surface area contributed by atoms with Crippen LogP contribution in [0.5, 0.6) is 5.75 Å². The number of rotatable bonds is 3. The SMILES string of the molecule is CC(C)C1C=CC(=O)CC1.Cc1ccc(C(C)C)c(O)c1.Cc1ccc(C(C)C)cc1. The first-order valence-corrected chi connectivity index (χ1v) is 11.6. The summed E-state index contributed by atoms with van der Waals surface area (Å²) in [6.07, 6.45) is 5.58. The van der Waals surface area contributed by atoms with Gasteiger partial charge in [0.05, 0.1) is 0 Å². The summed E-state index contributed by atoms with van der Waals surface area (Å²) >= 11 is 0. The number of carbonyl (C=O) groups excluding carboxylic acids is 1. The zero-order valence-electron chi connectivity index (χ0n) is 20.8. The monoisotopic (exact) mass is 422 g/mol. The topological polar surface area (TPSA) is 37.3 Å². The number of aryl methyl sites for hydroxylation is 2. The van der Waals surface area contributed by atoms with Crippen LogP contribution in [0.15, 0.2) is 54.6 Å². The van der Waals surface area contributed by atoms with Gasteiger partial charge in [-0.25, -0.2) is 0 Å². The number of hydrogen-bond acceptors (Lipinski definition) is 2. The van der Waals surface area contributed by atoms with E-state index in [0.717, 1.165) is 24.0 Å². The number of carbonyl (C=O) groups is 1. The van der Waals surface area contributed by atoms with E-state index in [2.05, 4.69) is 78.8 Å². The summed E-state index contributed by atoms with van der Waals surface area (Å²) in [5.74, 6) is 3.08. The quantitative estimate of drug-likeness (QED) is 0.542. The molecule has 0 bridgehead atoms. The van der Waals surface area contributed by atoms with E-state index in [1.54, 1.807) is 12.1 Å². The van der Waals surface area contributed by atoms with Crippen LogP contribution in [0.4, 0.5) is 0 Å². The maximum Gasteiger partial charge on any atom is 0.155 e. The summed E-state index contributed by atoms with van der Waals surface area (Å²) in [4.78, 5) is 10.7. The number of phenols is 1. The van der Waals surface area contributed by atoms with Crippen LogP contribution in [0.3, 0.4) is 0 Å². The van der Waals surface area contributed by atoms with Gasteiger partial charge in [-0.1, -0.05) is 89.6 Å². The average molecular weight is 423 g/mol. The van der Waals surface area contributed by atoms with Crippen molar-refractivity contribution in [1.29, 1.82) is 0 Å². The first-order valence-electron chi connectivity index (χ1n) is 11.6. The summed E-state index contributed by atoms with van der Waals surface area (Å²) in [5, 5.41) is 9.46. The lowest BCUT2D eigenvalue weighted by Gasteiger charge is -2.18. The second-order valence-electron chi connectivity index (χ2n) is 9.55. The molecular formula is C29H42O2. The van der Waals surface area contributed by atoms with Gasteiger partial charge in [0.25, 0.3) is 0 Å². The van der Waals surface area contributed by atoms with Crippen molar-refractivity contribution in [3.63, 3.8) is 0 Å². The smallest absolute Gasteiger partial charge is 0.155 e. The van der Waals surface area contributed by atoms with Crippen molar-refractivity contribution in [1.82, 2.24) is 0 Å². The summed E-state index contributed by atoms with van der Waals surface area (Å²) in [6.45, 7) is 17.1. The van der Waals surface area contributed by atoms with Gasteiger partial charge in [-0.15, -0.1) is 0 Å². The predicted molar refractivity (Wildman–Crippen MR) is 134 cm³/mol. The molecule has 1 unspecified atom stereocenters. The Balaban J connectivity index is 0.000000233. The van der Waals surface area contributed by atoms with E-state index in [9.17, 15) is 9.90 Å². The lowest BCUT2D eigenvalue weighted by atomic mass is 9.86. The third-order valence-electron chi connectivity index (χ3n) is 5.66. The average Bonchev–Trinajstić information content (AvgIpc) is 2.69.